The Labute approximate surface area is 122 Å². The Balaban J connectivity index is 1.84. The maximum atomic E-state index is 6.07. The van der Waals surface area contributed by atoms with Gasteiger partial charge in [-0.3, -0.25) is 0 Å². The van der Waals surface area contributed by atoms with Gasteiger partial charge in [-0.1, -0.05) is 31.7 Å². The number of thiophene rings is 1. The molecule has 0 bridgehead atoms. The number of nitrogens with zero attached hydrogens (tertiary/aromatic N) is 1. The number of rotatable bonds is 6. The van der Waals surface area contributed by atoms with Gasteiger partial charge in [-0.25, -0.2) is 0 Å². The molecule has 0 spiro atoms. The number of hydrogen-bond donors (Lipinski definition) is 1. The van der Waals surface area contributed by atoms with Crippen molar-refractivity contribution in [3.63, 3.8) is 0 Å². The summed E-state index contributed by atoms with van der Waals surface area (Å²) in [7, 11) is 2.26. The van der Waals surface area contributed by atoms with Gasteiger partial charge in [0.15, 0.2) is 0 Å². The zero-order valence-electron chi connectivity index (χ0n) is 12.2. The van der Waals surface area contributed by atoms with Gasteiger partial charge in [0.1, 0.15) is 0 Å². The molecule has 0 radical (unpaired) electrons. The Morgan fingerprint density at radius 1 is 1.32 bits per heavy atom. The second-order valence-electron chi connectivity index (χ2n) is 5.86. The van der Waals surface area contributed by atoms with E-state index in [1.165, 1.54) is 43.4 Å². The van der Waals surface area contributed by atoms with Crippen LogP contribution in [0, 0.1) is 5.92 Å². The summed E-state index contributed by atoms with van der Waals surface area (Å²) in [5.74, 6) is 0.820. The summed E-state index contributed by atoms with van der Waals surface area (Å²) in [5.41, 5.74) is 6.07. The normalized spacial score (nSPS) is 19.5. The first kappa shape index (κ1) is 15.0. The molecule has 3 heteroatoms. The van der Waals surface area contributed by atoms with E-state index in [1.807, 2.05) is 11.3 Å². The summed E-state index contributed by atoms with van der Waals surface area (Å²) in [6.45, 7) is 1.95. The number of likely N-dealkylation sites (N-methyl/N-ethyl adjacent to an activating group) is 1. The van der Waals surface area contributed by atoms with Crippen LogP contribution in [0.3, 0.4) is 0 Å². The highest BCUT2D eigenvalue weighted by atomic mass is 32.1. The van der Waals surface area contributed by atoms with Gasteiger partial charge >= 0.3 is 0 Å². The highest BCUT2D eigenvalue weighted by molar-refractivity contribution is 7.09. The standard InChI is InChI=1S/C16H28N2S/c1-18(11-10-15-9-6-12-19-15)16(13-17)14-7-4-2-3-5-8-14/h6,9,12,14,16H,2-5,7-8,10-11,13,17H2,1H3. The van der Waals surface area contributed by atoms with E-state index in [-0.39, 0.29) is 0 Å². The lowest BCUT2D eigenvalue weighted by Gasteiger charge is -2.33. The van der Waals surface area contributed by atoms with Crippen LogP contribution >= 0.6 is 11.3 Å². The van der Waals surface area contributed by atoms with E-state index < -0.39 is 0 Å². The molecule has 0 saturated heterocycles. The third kappa shape index (κ3) is 4.59. The van der Waals surface area contributed by atoms with Crippen LogP contribution < -0.4 is 5.73 Å². The molecule has 19 heavy (non-hydrogen) atoms. The monoisotopic (exact) mass is 280 g/mol. The second kappa shape index (κ2) is 8.03. The van der Waals surface area contributed by atoms with Crippen LogP contribution in [0.2, 0.25) is 0 Å². The molecular formula is C16H28N2S. The predicted molar refractivity (Wildman–Crippen MR) is 84.7 cm³/mol. The van der Waals surface area contributed by atoms with Crippen LogP contribution in [0.1, 0.15) is 43.4 Å². The Morgan fingerprint density at radius 2 is 2.05 bits per heavy atom. The quantitative estimate of drug-likeness (QED) is 0.808. The first-order valence-electron chi connectivity index (χ1n) is 7.74. The minimum atomic E-state index is 0.582. The van der Waals surface area contributed by atoms with Crippen LogP contribution in [-0.4, -0.2) is 31.1 Å². The molecule has 1 aromatic rings. The summed E-state index contributed by atoms with van der Waals surface area (Å²) in [4.78, 5) is 4.00. The lowest BCUT2D eigenvalue weighted by Crippen LogP contribution is -2.44. The molecule has 1 aliphatic carbocycles. The summed E-state index contributed by atoms with van der Waals surface area (Å²) < 4.78 is 0. The van der Waals surface area contributed by atoms with E-state index in [9.17, 15) is 0 Å². The maximum Gasteiger partial charge on any atom is 0.0243 e. The van der Waals surface area contributed by atoms with E-state index >= 15 is 0 Å². The average molecular weight is 280 g/mol. The Morgan fingerprint density at radius 3 is 2.63 bits per heavy atom. The maximum absolute atomic E-state index is 6.07. The van der Waals surface area contributed by atoms with Gasteiger partial charge in [0.05, 0.1) is 0 Å². The Kier molecular flexibility index (Phi) is 6.35. The van der Waals surface area contributed by atoms with Crippen molar-refractivity contribution in [1.29, 1.82) is 0 Å². The van der Waals surface area contributed by atoms with Crippen molar-refractivity contribution in [1.82, 2.24) is 4.90 Å². The van der Waals surface area contributed by atoms with Crippen molar-refractivity contribution in [2.75, 3.05) is 20.1 Å². The summed E-state index contributed by atoms with van der Waals surface area (Å²) in [6.07, 6.45) is 9.58. The smallest absolute Gasteiger partial charge is 0.0243 e. The average Bonchev–Trinajstić information content (AvgIpc) is 2.80. The Bertz CT molecular complexity index is 329. The molecule has 1 aromatic heterocycles. The molecule has 0 aliphatic heterocycles. The van der Waals surface area contributed by atoms with Crippen molar-refractivity contribution in [3.8, 4) is 0 Å². The van der Waals surface area contributed by atoms with Crippen molar-refractivity contribution >= 4 is 11.3 Å². The van der Waals surface area contributed by atoms with Gasteiger partial charge in [0.25, 0.3) is 0 Å². The summed E-state index contributed by atoms with van der Waals surface area (Å²) in [6, 6.07) is 4.96. The van der Waals surface area contributed by atoms with Crippen molar-refractivity contribution in [2.24, 2.45) is 11.7 Å². The molecular weight excluding hydrogens is 252 g/mol. The molecule has 108 valence electrons. The number of hydrogen-bond acceptors (Lipinski definition) is 3. The first-order chi connectivity index (χ1) is 9.31. The molecule has 1 saturated carbocycles. The van der Waals surface area contributed by atoms with Gasteiger partial charge in [-0.05, 0) is 43.7 Å². The van der Waals surface area contributed by atoms with Crippen molar-refractivity contribution in [3.05, 3.63) is 22.4 Å². The van der Waals surface area contributed by atoms with Gasteiger partial charge in [-0.2, -0.15) is 0 Å². The predicted octanol–water partition coefficient (Wildman–Crippen LogP) is 3.52. The molecule has 0 aromatic carbocycles. The van der Waals surface area contributed by atoms with Crippen LogP contribution in [0.5, 0.6) is 0 Å². The van der Waals surface area contributed by atoms with Gasteiger partial charge in [0.2, 0.25) is 0 Å². The SMILES string of the molecule is CN(CCc1cccs1)C(CN)C1CCCCCC1. The molecule has 1 unspecified atom stereocenters. The highest BCUT2D eigenvalue weighted by Crippen LogP contribution is 2.27. The topological polar surface area (TPSA) is 29.3 Å². The fourth-order valence-electron chi connectivity index (χ4n) is 3.34. The van der Waals surface area contributed by atoms with E-state index in [2.05, 4.69) is 29.5 Å². The van der Waals surface area contributed by atoms with E-state index in [0.717, 1.165) is 25.4 Å². The molecule has 1 aliphatic rings. The number of nitrogens with two attached hydrogens (primary N) is 1. The largest absolute Gasteiger partial charge is 0.329 e. The Hall–Kier alpha value is -0.380. The highest BCUT2D eigenvalue weighted by Gasteiger charge is 2.24. The van der Waals surface area contributed by atoms with Crippen LogP contribution in [0.15, 0.2) is 17.5 Å². The van der Waals surface area contributed by atoms with Crippen LogP contribution in [0.4, 0.5) is 0 Å². The van der Waals surface area contributed by atoms with Crippen LogP contribution in [0.25, 0.3) is 0 Å². The molecule has 1 heterocycles. The van der Waals surface area contributed by atoms with Crippen molar-refractivity contribution < 1.29 is 0 Å². The second-order valence-corrected chi connectivity index (χ2v) is 6.90. The fourth-order valence-corrected chi connectivity index (χ4v) is 4.03. The first-order valence-corrected chi connectivity index (χ1v) is 8.62. The van der Waals surface area contributed by atoms with E-state index in [0.29, 0.717) is 6.04 Å². The molecule has 1 fully saturated rings. The van der Waals surface area contributed by atoms with Gasteiger partial charge < -0.3 is 10.6 Å². The summed E-state index contributed by atoms with van der Waals surface area (Å²) in [5, 5.41) is 2.17. The van der Waals surface area contributed by atoms with E-state index in [1.54, 1.807) is 0 Å². The lowest BCUT2D eigenvalue weighted by atomic mass is 9.91. The summed E-state index contributed by atoms with van der Waals surface area (Å²) >= 11 is 1.87. The van der Waals surface area contributed by atoms with Crippen molar-refractivity contribution in [2.45, 2.75) is 51.0 Å². The minimum absolute atomic E-state index is 0.582. The minimum Gasteiger partial charge on any atom is -0.329 e. The molecule has 1 atom stereocenters. The van der Waals surface area contributed by atoms with E-state index in [4.69, 9.17) is 5.73 Å². The molecule has 0 amide bonds. The zero-order chi connectivity index (χ0) is 13.5. The van der Waals surface area contributed by atoms with Gasteiger partial charge in [-0.15, -0.1) is 11.3 Å². The lowest BCUT2D eigenvalue weighted by molar-refractivity contribution is 0.169. The zero-order valence-corrected chi connectivity index (χ0v) is 13.0. The van der Waals surface area contributed by atoms with Crippen LogP contribution in [-0.2, 0) is 6.42 Å². The fraction of sp³-hybridized carbons (Fsp3) is 0.750. The molecule has 2 N–H and O–H groups in total. The third-order valence-electron chi connectivity index (χ3n) is 4.54. The molecule has 2 nitrogen and oxygen atoms in total. The third-order valence-corrected chi connectivity index (χ3v) is 5.48. The van der Waals surface area contributed by atoms with Gasteiger partial charge in [0, 0.05) is 24.0 Å². The molecule has 2 rings (SSSR count).